The molecule has 5 nitrogen and oxygen atoms in total. The molecule has 0 aliphatic carbocycles. The summed E-state index contributed by atoms with van der Waals surface area (Å²) in [5.41, 5.74) is 3.17. The zero-order valence-electron chi connectivity index (χ0n) is 11.2. The van der Waals surface area contributed by atoms with Crippen molar-refractivity contribution >= 4 is 5.69 Å². The molecule has 1 fully saturated rings. The summed E-state index contributed by atoms with van der Waals surface area (Å²) in [6.45, 7) is 6.00. The first-order valence-electron chi connectivity index (χ1n) is 6.54. The zero-order chi connectivity index (χ0) is 13.2. The summed E-state index contributed by atoms with van der Waals surface area (Å²) in [6, 6.07) is 2.02. The van der Waals surface area contributed by atoms with Crippen LogP contribution in [0.5, 0.6) is 0 Å². The summed E-state index contributed by atoms with van der Waals surface area (Å²) < 4.78 is 0. The maximum Gasteiger partial charge on any atom is 0.133 e. The summed E-state index contributed by atoms with van der Waals surface area (Å²) in [7, 11) is 0. The van der Waals surface area contributed by atoms with E-state index in [1.807, 2.05) is 32.3 Å². The molecule has 0 unspecified atom stereocenters. The standard InChI is InChI=1S/C14H17N5/c1-10-5-11(2)18-14(17-10)12-3-4-19(8-12)13-6-15-9-16-7-13/h5-7,9,12H,3-4,8H2,1-2H3/t12-/m1/s1. The van der Waals surface area contributed by atoms with Gasteiger partial charge in [-0.15, -0.1) is 0 Å². The van der Waals surface area contributed by atoms with Gasteiger partial charge in [-0.1, -0.05) is 0 Å². The molecule has 0 bridgehead atoms. The van der Waals surface area contributed by atoms with Crippen LogP contribution in [0.4, 0.5) is 5.69 Å². The molecule has 1 aliphatic heterocycles. The Labute approximate surface area is 112 Å². The number of aromatic nitrogens is 4. The molecule has 0 radical (unpaired) electrons. The summed E-state index contributed by atoms with van der Waals surface area (Å²) >= 11 is 0. The molecule has 2 aromatic heterocycles. The van der Waals surface area contributed by atoms with Gasteiger partial charge in [-0.05, 0) is 26.3 Å². The Morgan fingerprint density at radius 2 is 1.79 bits per heavy atom. The highest BCUT2D eigenvalue weighted by Gasteiger charge is 2.26. The second-order valence-corrected chi connectivity index (χ2v) is 5.04. The molecule has 0 saturated carbocycles. The molecule has 3 rings (SSSR count). The van der Waals surface area contributed by atoms with Crippen LogP contribution in [0.15, 0.2) is 24.8 Å². The monoisotopic (exact) mass is 255 g/mol. The van der Waals surface area contributed by atoms with Crippen LogP contribution in [0.3, 0.4) is 0 Å². The van der Waals surface area contributed by atoms with Gasteiger partial charge in [-0.3, -0.25) is 0 Å². The van der Waals surface area contributed by atoms with E-state index in [0.717, 1.165) is 42.4 Å². The number of nitrogens with zero attached hydrogens (tertiary/aromatic N) is 5. The summed E-state index contributed by atoms with van der Waals surface area (Å²) in [5, 5.41) is 0. The van der Waals surface area contributed by atoms with Crippen molar-refractivity contribution in [3.63, 3.8) is 0 Å². The van der Waals surface area contributed by atoms with Crippen molar-refractivity contribution in [3.8, 4) is 0 Å². The first kappa shape index (κ1) is 12.0. The molecule has 1 atom stereocenters. The van der Waals surface area contributed by atoms with E-state index in [9.17, 15) is 0 Å². The summed E-state index contributed by atoms with van der Waals surface area (Å²) in [6.07, 6.45) is 6.36. The van der Waals surface area contributed by atoms with Crippen molar-refractivity contribution in [3.05, 3.63) is 42.0 Å². The van der Waals surface area contributed by atoms with Gasteiger partial charge in [0, 0.05) is 30.4 Å². The Balaban J connectivity index is 1.79. The van der Waals surface area contributed by atoms with Gasteiger partial charge < -0.3 is 4.90 Å². The smallest absolute Gasteiger partial charge is 0.133 e. The topological polar surface area (TPSA) is 54.8 Å². The lowest BCUT2D eigenvalue weighted by Gasteiger charge is -2.17. The molecule has 5 heteroatoms. The minimum absolute atomic E-state index is 0.402. The van der Waals surface area contributed by atoms with Crippen molar-refractivity contribution in [1.29, 1.82) is 0 Å². The number of hydrogen-bond acceptors (Lipinski definition) is 5. The van der Waals surface area contributed by atoms with E-state index < -0.39 is 0 Å². The third kappa shape index (κ3) is 2.54. The van der Waals surface area contributed by atoms with Crippen molar-refractivity contribution in [2.24, 2.45) is 0 Å². The van der Waals surface area contributed by atoms with Crippen LogP contribution in [-0.4, -0.2) is 33.0 Å². The Kier molecular flexibility index (Phi) is 3.11. The van der Waals surface area contributed by atoms with E-state index in [-0.39, 0.29) is 0 Å². The number of anilines is 1. The van der Waals surface area contributed by atoms with Gasteiger partial charge in [0.05, 0.1) is 18.1 Å². The van der Waals surface area contributed by atoms with Crippen LogP contribution in [0.2, 0.25) is 0 Å². The molecule has 2 aromatic rings. The van der Waals surface area contributed by atoms with E-state index in [1.165, 1.54) is 0 Å². The van der Waals surface area contributed by atoms with Crippen molar-refractivity contribution in [2.75, 3.05) is 18.0 Å². The lowest BCUT2D eigenvalue weighted by molar-refractivity contribution is 0.699. The number of aryl methyl sites for hydroxylation is 2. The normalized spacial score (nSPS) is 18.8. The van der Waals surface area contributed by atoms with Crippen molar-refractivity contribution < 1.29 is 0 Å². The quantitative estimate of drug-likeness (QED) is 0.820. The van der Waals surface area contributed by atoms with Crippen LogP contribution in [0, 0.1) is 13.8 Å². The zero-order valence-corrected chi connectivity index (χ0v) is 11.2. The highest BCUT2D eigenvalue weighted by Crippen LogP contribution is 2.28. The second kappa shape index (κ2) is 4.91. The first-order valence-corrected chi connectivity index (χ1v) is 6.54. The van der Waals surface area contributed by atoms with Gasteiger partial charge in [0.1, 0.15) is 12.2 Å². The van der Waals surface area contributed by atoms with Crippen LogP contribution in [0.25, 0.3) is 0 Å². The predicted molar refractivity (Wildman–Crippen MR) is 73.1 cm³/mol. The minimum atomic E-state index is 0.402. The average Bonchev–Trinajstić information content (AvgIpc) is 2.88. The Morgan fingerprint density at radius 3 is 2.47 bits per heavy atom. The fourth-order valence-corrected chi connectivity index (χ4v) is 2.60. The molecular weight excluding hydrogens is 238 g/mol. The molecule has 0 amide bonds. The third-order valence-electron chi connectivity index (χ3n) is 3.47. The van der Waals surface area contributed by atoms with Gasteiger partial charge in [-0.25, -0.2) is 19.9 Å². The second-order valence-electron chi connectivity index (χ2n) is 5.04. The van der Waals surface area contributed by atoms with Crippen molar-refractivity contribution in [1.82, 2.24) is 19.9 Å². The van der Waals surface area contributed by atoms with Crippen LogP contribution < -0.4 is 4.90 Å². The number of hydrogen-bond donors (Lipinski definition) is 0. The number of rotatable bonds is 2. The van der Waals surface area contributed by atoms with Gasteiger partial charge in [-0.2, -0.15) is 0 Å². The van der Waals surface area contributed by atoms with Crippen molar-refractivity contribution in [2.45, 2.75) is 26.2 Å². The average molecular weight is 255 g/mol. The van der Waals surface area contributed by atoms with E-state index in [2.05, 4.69) is 24.8 Å². The molecule has 1 saturated heterocycles. The Morgan fingerprint density at radius 1 is 1.11 bits per heavy atom. The highest BCUT2D eigenvalue weighted by atomic mass is 15.2. The molecule has 3 heterocycles. The lowest BCUT2D eigenvalue weighted by Crippen LogP contribution is -2.20. The van der Waals surface area contributed by atoms with E-state index in [0.29, 0.717) is 5.92 Å². The molecule has 0 N–H and O–H groups in total. The lowest BCUT2D eigenvalue weighted by atomic mass is 10.1. The van der Waals surface area contributed by atoms with E-state index >= 15 is 0 Å². The van der Waals surface area contributed by atoms with E-state index in [1.54, 1.807) is 6.33 Å². The summed E-state index contributed by atoms with van der Waals surface area (Å²) in [5.74, 6) is 1.37. The highest BCUT2D eigenvalue weighted by molar-refractivity contribution is 5.43. The molecule has 0 aromatic carbocycles. The van der Waals surface area contributed by atoms with Gasteiger partial charge in [0.15, 0.2) is 0 Å². The molecule has 1 aliphatic rings. The SMILES string of the molecule is Cc1cc(C)nc([C@@H]2CCN(c3cncnc3)C2)n1. The fourth-order valence-electron chi connectivity index (χ4n) is 2.60. The molecule has 98 valence electrons. The predicted octanol–water partition coefficient (Wildman–Crippen LogP) is 1.88. The Bertz CT molecular complexity index is 549. The van der Waals surface area contributed by atoms with Gasteiger partial charge in [0.25, 0.3) is 0 Å². The van der Waals surface area contributed by atoms with Gasteiger partial charge in [0.2, 0.25) is 0 Å². The maximum atomic E-state index is 4.58. The minimum Gasteiger partial charge on any atom is -0.368 e. The maximum absolute atomic E-state index is 4.58. The Hall–Kier alpha value is -2.04. The van der Waals surface area contributed by atoms with Crippen LogP contribution in [0.1, 0.15) is 29.6 Å². The van der Waals surface area contributed by atoms with Crippen LogP contribution in [-0.2, 0) is 0 Å². The molecule has 0 spiro atoms. The molecular formula is C14H17N5. The molecule has 19 heavy (non-hydrogen) atoms. The van der Waals surface area contributed by atoms with Crippen LogP contribution >= 0.6 is 0 Å². The first-order chi connectivity index (χ1) is 9.22. The largest absolute Gasteiger partial charge is 0.368 e. The third-order valence-corrected chi connectivity index (χ3v) is 3.47. The fraction of sp³-hybridized carbons (Fsp3) is 0.429. The van der Waals surface area contributed by atoms with E-state index in [4.69, 9.17) is 0 Å². The van der Waals surface area contributed by atoms with Gasteiger partial charge >= 0.3 is 0 Å². The summed E-state index contributed by atoms with van der Waals surface area (Å²) in [4.78, 5) is 19.6.